The molecule has 0 unspecified atom stereocenters. The van der Waals surface area contributed by atoms with Gasteiger partial charge in [0, 0.05) is 38.2 Å². The smallest absolute Gasteiger partial charge is 0.279 e. The summed E-state index contributed by atoms with van der Waals surface area (Å²) in [6.07, 6.45) is 9.30. The molecule has 130 valence electrons. The van der Waals surface area contributed by atoms with E-state index in [9.17, 15) is 8.42 Å². The Hall–Kier alpha value is -1.77. The van der Waals surface area contributed by atoms with Gasteiger partial charge in [0.1, 0.15) is 11.6 Å². The molecular weight excluding hydrogens is 326 g/mol. The normalized spacial score (nSPS) is 16.9. The molecule has 0 spiro atoms. The molecule has 0 bridgehead atoms. The number of aromatic nitrogens is 3. The van der Waals surface area contributed by atoms with E-state index < -0.39 is 10.2 Å². The second-order valence-electron chi connectivity index (χ2n) is 6.01. The first-order valence-electron chi connectivity index (χ1n) is 8.26. The van der Waals surface area contributed by atoms with Crippen LogP contribution >= 0.6 is 0 Å². The molecule has 0 radical (unpaired) electrons. The number of imidazole rings is 1. The van der Waals surface area contributed by atoms with E-state index in [2.05, 4.69) is 14.7 Å². The zero-order valence-corrected chi connectivity index (χ0v) is 14.7. The first-order valence-corrected chi connectivity index (χ1v) is 9.70. The highest BCUT2D eigenvalue weighted by Gasteiger charge is 2.22. The number of nitrogens with zero attached hydrogens (tertiary/aromatic N) is 4. The van der Waals surface area contributed by atoms with Crippen molar-refractivity contribution in [2.24, 2.45) is 0 Å². The Morgan fingerprint density at radius 1 is 1.12 bits per heavy atom. The first kappa shape index (κ1) is 17.1. The maximum absolute atomic E-state index is 12.5. The predicted molar refractivity (Wildman–Crippen MR) is 91.9 cm³/mol. The third-order valence-electron chi connectivity index (χ3n) is 4.25. The molecule has 1 aliphatic rings. The van der Waals surface area contributed by atoms with Gasteiger partial charge in [0.05, 0.1) is 0 Å². The van der Waals surface area contributed by atoms with Gasteiger partial charge in [-0.15, -0.1) is 0 Å². The topological polar surface area (TPSA) is 80.1 Å². The lowest BCUT2D eigenvalue weighted by Gasteiger charge is -2.20. The minimum absolute atomic E-state index is 0.252. The van der Waals surface area contributed by atoms with Gasteiger partial charge in [0.2, 0.25) is 0 Å². The summed E-state index contributed by atoms with van der Waals surface area (Å²) >= 11 is 0. The maximum atomic E-state index is 12.5. The second-order valence-corrected chi connectivity index (χ2v) is 7.76. The number of rotatable bonds is 5. The lowest BCUT2D eigenvalue weighted by Crippen LogP contribution is -2.40. The van der Waals surface area contributed by atoms with Crippen molar-refractivity contribution in [1.29, 1.82) is 0 Å². The first-order chi connectivity index (χ1) is 11.6. The third kappa shape index (κ3) is 4.00. The molecule has 3 heterocycles. The summed E-state index contributed by atoms with van der Waals surface area (Å²) in [5.74, 6) is 1.57. The molecule has 2 aromatic heterocycles. The molecule has 0 aliphatic carbocycles. The van der Waals surface area contributed by atoms with E-state index in [1.807, 2.05) is 29.8 Å². The summed E-state index contributed by atoms with van der Waals surface area (Å²) in [4.78, 5) is 8.51. The van der Waals surface area contributed by atoms with Crippen molar-refractivity contribution >= 4 is 10.2 Å². The van der Waals surface area contributed by atoms with Crippen molar-refractivity contribution in [3.63, 3.8) is 0 Å². The van der Waals surface area contributed by atoms with Crippen LogP contribution < -0.4 is 4.72 Å². The van der Waals surface area contributed by atoms with Gasteiger partial charge in [-0.3, -0.25) is 4.57 Å². The van der Waals surface area contributed by atoms with Crippen LogP contribution in [0, 0.1) is 6.92 Å². The number of aryl methyl sites for hydroxylation is 1. The van der Waals surface area contributed by atoms with Gasteiger partial charge in [-0.25, -0.2) is 9.97 Å². The third-order valence-corrected chi connectivity index (χ3v) is 5.80. The van der Waals surface area contributed by atoms with Crippen LogP contribution in [0.3, 0.4) is 0 Å². The average Bonchev–Trinajstić information content (AvgIpc) is 2.83. The molecule has 1 N–H and O–H groups in total. The van der Waals surface area contributed by atoms with E-state index in [0.29, 0.717) is 13.1 Å². The molecule has 1 saturated heterocycles. The fraction of sp³-hybridized carbons (Fsp3) is 0.500. The molecule has 0 amide bonds. The fourth-order valence-electron chi connectivity index (χ4n) is 2.87. The Labute approximate surface area is 142 Å². The summed E-state index contributed by atoms with van der Waals surface area (Å²) in [7, 11) is -3.44. The number of hydrogen-bond acceptors (Lipinski definition) is 4. The van der Waals surface area contributed by atoms with Gasteiger partial charge in [0.25, 0.3) is 10.2 Å². The molecule has 0 atom stereocenters. The van der Waals surface area contributed by atoms with Gasteiger partial charge < -0.3 is 0 Å². The van der Waals surface area contributed by atoms with Crippen LogP contribution in [0.2, 0.25) is 0 Å². The predicted octanol–water partition coefficient (Wildman–Crippen LogP) is 1.79. The number of nitrogens with one attached hydrogen (secondary N) is 1. The van der Waals surface area contributed by atoms with Crippen LogP contribution in [0.5, 0.6) is 0 Å². The van der Waals surface area contributed by atoms with Crippen LogP contribution in [-0.2, 0) is 16.8 Å². The van der Waals surface area contributed by atoms with Crippen molar-refractivity contribution in [1.82, 2.24) is 23.6 Å². The second kappa shape index (κ2) is 7.42. The number of pyridine rings is 1. The van der Waals surface area contributed by atoms with E-state index in [1.165, 1.54) is 0 Å². The monoisotopic (exact) mass is 349 g/mol. The maximum Gasteiger partial charge on any atom is 0.279 e. The van der Waals surface area contributed by atoms with Crippen LogP contribution in [0.15, 0.2) is 30.7 Å². The molecule has 3 rings (SSSR count). The highest BCUT2D eigenvalue weighted by molar-refractivity contribution is 7.87. The Bertz CT molecular complexity index is 779. The molecule has 8 heteroatoms. The van der Waals surface area contributed by atoms with Crippen molar-refractivity contribution in [2.45, 2.75) is 39.2 Å². The zero-order chi connectivity index (χ0) is 17.0. The van der Waals surface area contributed by atoms with Gasteiger partial charge in [-0.1, -0.05) is 12.8 Å². The molecule has 0 aromatic carbocycles. The molecule has 1 fully saturated rings. The highest BCUT2D eigenvalue weighted by atomic mass is 32.2. The van der Waals surface area contributed by atoms with Crippen molar-refractivity contribution in [2.75, 3.05) is 13.1 Å². The Kier molecular flexibility index (Phi) is 5.27. The van der Waals surface area contributed by atoms with Crippen LogP contribution in [0.25, 0.3) is 5.82 Å². The quantitative estimate of drug-likeness (QED) is 0.892. The lowest BCUT2D eigenvalue weighted by molar-refractivity contribution is 0.414. The van der Waals surface area contributed by atoms with E-state index >= 15 is 0 Å². The van der Waals surface area contributed by atoms with Gasteiger partial charge in [-0.2, -0.15) is 17.4 Å². The summed E-state index contributed by atoms with van der Waals surface area (Å²) in [6, 6.07) is 3.69. The molecule has 7 nitrogen and oxygen atoms in total. The lowest BCUT2D eigenvalue weighted by atomic mass is 10.2. The average molecular weight is 349 g/mol. The molecule has 2 aromatic rings. The fourth-order valence-corrected chi connectivity index (χ4v) is 4.14. The van der Waals surface area contributed by atoms with Crippen LogP contribution in [0.1, 0.15) is 37.1 Å². The van der Waals surface area contributed by atoms with E-state index in [0.717, 1.165) is 42.9 Å². The van der Waals surface area contributed by atoms with Gasteiger partial charge in [0.15, 0.2) is 0 Å². The molecule has 24 heavy (non-hydrogen) atoms. The standard InChI is InChI=1S/C16H23N5O2S/c1-14-17-8-11-21(14)16-12-15(6-7-18-16)13-19-24(22,23)20-9-4-2-3-5-10-20/h6-8,11-12,19H,2-5,9-10,13H2,1H3. The SMILES string of the molecule is Cc1nccn1-c1cc(CNS(=O)(=O)N2CCCCCC2)ccn1. The Morgan fingerprint density at radius 2 is 1.88 bits per heavy atom. The van der Waals surface area contributed by atoms with Crippen molar-refractivity contribution in [3.8, 4) is 5.82 Å². The number of hydrogen-bond donors (Lipinski definition) is 1. The highest BCUT2D eigenvalue weighted by Crippen LogP contribution is 2.14. The Balaban J connectivity index is 1.69. The summed E-state index contributed by atoms with van der Waals surface area (Å²) in [5, 5.41) is 0. The van der Waals surface area contributed by atoms with Gasteiger partial charge in [-0.05, 0) is 37.5 Å². The summed E-state index contributed by atoms with van der Waals surface area (Å²) in [5.41, 5.74) is 0.867. The van der Waals surface area contributed by atoms with Gasteiger partial charge >= 0.3 is 0 Å². The molecular formula is C16H23N5O2S. The van der Waals surface area contributed by atoms with E-state index in [1.54, 1.807) is 16.7 Å². The largest absolute Gasteiger partial charge is 0.288 e. The summed E-state index contributed by atoms with van der Waals surface area (Å²) in [6.45, 7) is 3.36. The minimum atomic E-state index is -3.44. The summed E-state index contributed by atoms with van der Waals surface area (Å²) < 4.78 is 31.1. The van der Waals surface area contributed by atoms with Crippen LogP contribution in [-0.4, -0.2) is 40.3 Å². The van der Waals surface area contributed by atoms with E-state index in [-0.39, 0.29) is 6.54 Å². The minimum Gasteiger partial charge on any atom is -0.288 e. The zero-order valence-electron chi connectivity index (χ0n) is 13.9. The Morgan fingerprint density at radius 3 is 2.54 bits per heavy atom. The van der Waals surface area contributed by atoms with Crippen molar-refractivity contribution < 1.29 is 8.42 Å². The molecule has 1 aliphatic heterocycles. The van der Waals surface area contributed by atoms with Crippen molar-refractivity contribution in [3.05, 3.63) is 42.1 Å². The van der Waals surface area contributed by atoms with E-state index in [4.69, 9.17) is 0 Å². The van der Waals surface area contributed by atoms with Crippen LogP contribution in [0.4, 0.5) is 0 Å². The molecule has 0 saturated carbocycles.